The molecule has 5 nitrogen and oxygen atoms in total. The summed E-state index contributed by atoms with van der Waals surface area (Å²) in [6, 6.07) is 3.50. The summed E-state index contributed by atoms with van der Waals surface area (Å²) in [5, 5.41) is 3.12. The van der Waals surface area contributed by atoms with Crippen LogP contribution in [0, 0.1) is 5.82 Å². The molecule has 0 aromatic heterocycles. The molecule has 1 saturated heterocycles. The third kappa shape index (κ3) is 2.72. The van der Waals surface area contributed by atoms with Crippen LogP contribution in [-0.2, 0) is 10.0 Å². The average molecular weight is 288 g/mol. The second kappa shape index (κ2) is 5.44. The van der Waals surface area contributed by atoms with Crippen molar-refractivity contribution in [3.63, 3.8) is 0 Å². The molecule has 1 aromatic rings. The van der Waals surface area contributed by atoms with E-state index in [2.05, 4.69) is 5.32 Å². The van der Waals surface area contributed by atoms with Crippen LogP contribution in [0.5, 0.6) is 5.75 Å². The van der Waals surface area contributed by atoms with Gasteiger partial charge < -0.3 is 10.1 Å². The van der Waals surface area contributed by atoms with Gasteiger partial charge in [-0.2, -0.15) is 4.31 Å². The standard InChI is InChI=1S/C12H17FN2O3S/c1-15(9-5-6-14-8-9)19(16,17)10-3-4-11(13)12(7-10)18-2/h3-4,7,9,14H,5-6,8H2,1-2H3. The van der Waals surface area contributed by atoms with Crippen LogP contribution in [-0.4, -0.2) is 46.0 Å². The normalized spacial score (nSPS) is 19.9. The van der Waals surface area contributed by atoms with Gasteiger partial charge in [-0.05, 0) is 25.1 Å². The Kier molecular flexibility index (Phi) is 4.07. The van der Waals surface area contributed by atoms with Crippen LogP contribution in [0.4, 0.5) is 4.39 Å². The molecule has 0 amide bonds. The van der Waals surface area contributed by atoms with Gasteiger partial charge >= 0.3 is 0 Å². The first-order valence-corrected chi connectivity index (χ1v) is 7.43. The lowest BCUT2D eigenvalue weighted by Gasteiger charge is -2.23. The van der Waals surface area contributed by atoms with Gasteiger partial charge in [0.2, 0.25) is 10.0 Å². The summed E-state index contributed by atoms with van der Waals surface area (Å²) in [5.74, 6) is -0.648. The maximum Gasteiger partial charge on any atom is 0.243 e. The van der Waals surface area contributed by atoms with Crippen molar-refractivity contribution in [1.29, 1.82) is 0 Å². The number of halogens is 1. The second-order valence-corrected chi connectivity index (χ2v) is 6.46. The first-order chi connectivity index (χ1) is 8.96. The SMILES string of the molecule is COc1cc(S(=O)(=O)N(C)C2CCNC2)ccc1F. The summed E-state index contributed by atoms with van der Waals surface area (Å²) in [6.45, 7) is 1.44. The number of rotatable bonds is 4. The Labute approximate surface area is 112 Å². The molecule has 0 radical (unpaired) electrons. The van der Waals surface area contributed by atoms with Gasteiger partial charge in [0.1, 0.15) is 0 Å². The Bertz CT molecular complexity index is 556. The molecule has 1 fully saturated rings. The minimum absolute atomic E-state index is 0.0418. The molecule has 1 aliphatic rings. The van der Waals surface area contributed by atoms with E-state index in [1.54, 1.807) is 7.05 Å². The molecule has 1 heterocycles. The van der Waals surface area contributed by atoms with Crippen molar-refractivity contribution in [2.75, 3.05) is 27.2 Å². The molecule has 0 bridgehead atoms. The largest absolute Gasteiger partial charge is 0.494 e. The average Bonchev–Trinajstić information content (AvgIpc) is 2.91. The van der Waals surface area contributed by atoms with Crippen molar-refractivity contribution in [3.05, 3.63) is 24.0 Å². The van der Waals surface area contributed by atoms with Gasteiger partial charge in [-0.1, -0.05) is 0 Å². The second-order valence-electron chi connectivity index (χ2n) is 4.46. The molecule has 2 rings (SSSR count). The Balaban J connectivity index is 2.33. The number of likely N-dealkylation sites (N-methyl/N-ethyl adjacent to an activating group) is 1. The van der Waals surface area contributed by atoms with Gasteiger partial charge in [0, 0.05) is 25.7 Å². The van der Waals surface area contributed by atoms with Crippen LogP contribution in [0.25, 0.3) is 0 Å². The van der Waals surface area contributed by atoms with E-state index in [4.69, 9.17) is 4.74 Å². The molecule has 1 N–H and O–H groups in total. The number of hydrogen-bond acceptors (Lipinski definition) is 4. The van der Waals surface area contributed by atoms with Gasteiger partial charge in [0.25, 0.3) is 0 Å². The third-order valence-corrected chi connectivity index (χ3v) is 5.25. The number of sulfonamides is 1. The minimum Gasteiger partial charge on any atom is -0.494 e. The van der Waals surface area contributed by atoms with Crippen molar-refractivity contribution in [1.82, 2.24) is 9.62 Å². The molecule has 19 heavy (non-hydrogen) atoms. The van der Waals surface area contributed by atoms with E-state index in [1.165, 1.54) is 23.5 Å². The quantitative estimate of drug-likeness (QED) is 0.891. The smallest absolute Gasteiger partial charge is 0.243 e. The molecular formula is C12H17FN2O3S. The van der Waals surface area contributed by atoms with Crippen LogP contribution in [0.2, 0.25) is 0 Å². The molecule has 1 atom stereocenters. The van der Waals surface area contributed by atoms with Crippen LogP contribution in [0.1, 0.15) is 6.42 Å². The maximum absolute atomic E-state index is 13.3. The summed E-state index contributed by atoms with van der Waals surface area (Å²) in [4.78, 5) is 0.0418. The fraction of sp³-hybridized carbons (Fsp3) is 0.500. The van der Waals surface area contributed by atoms with Gasteiger partial charge in [-0.15, -0.1) is 0 Å². The molecule has 1 aromatic carbocycles. The van der Waals surface area contributed by atoms with Crippen LogP contribution in [0.15, 0.2) is 23.1 Å². The van der Waals surface area contributed by atoms with E-state index >= 15 is 0 Å². The highest BCUT2D eigenvalue weighted by atomic mass is 32.2. The van der Waals surface area contributed by atoms with E-state index in [0.29, 0.717) is 6.54 Å². The first-order valence-electron chi connectivity index (χ1n) is 5.99. The highest BCUT2D eigenvalue weighted by molar-refractivity contribution is 7.89. The van der Waals surface area contributed by atoms with Gasteiger partial charge in [0.05, 0.1) is 12.0 Å². The highest BCUT2D eigenvalue weighted by Gasteiger charge is 2.30. The monoisotopic (exact) mass is 288 g/mol. The Hall–Kier alpha value is -1.18. The molecule has 7 heteroatoms. The predicted octanol–water partition coefficient (Wildman–Crippen LogP) is 0.817. The molecule has 106 valence electrons. The lowest BCUT2D eigenvalue weighted by Crippen LogP contribution is -2.38. The first kappa shape index (κ1) is 14.2. The van der Waals surface area contributed by atoms with Crippen molar-refractivity contribution in [2.24, 2.45) is 0 Å². The number of ether oxygens (including phenoxy) is 1. The van der Waals surface area contributed by atoms with Crippen LogP contribution < -0.4 is 10.1 Å². The fourth-order valence-electron chi connectivity index (χ4n) is 2.11. The summed E-state index contributed by atoms with van der Waals surface area (Å²) in [7, 11) is -0.776. The molecule has 0 saturated carbocycles. The van der Waals surface area contributed by atoms with Gasteiger partial charge in [-0.25, -0.2) is 12.8 Å². The summed E-state index contributed by atoms with van der Waals surface area (Å²) < 4.78 is 44.3. The molecule has 1 unspecified atom stereocenters. The van der Waals surface area contributed by atoms with Crippen molar-refractivity contribution < 1.29 is 17.5 Å². The van der Waals surface area contributed by atoms with Crippen LogP contribution >= 0.6 is 0 Å². The highest BCUT2D eigenvalue weighted by Crippen LogP contribution is 2.25. The Morgan fingerprint density at radius 1 is 1.47 bits per heavy atom. The van der Waals surface area contributed by atoms with Crippen molar-refractivity contribution >= 4 is 10.0 Å². The number of methoxy groups -OCH3 is 1. The molecule has 1 aliphatic heterocycles. The Morgan fingerprint density at radius 3 is 2.79 bits per heavy atom. The maximum atomic E-state index is 13.3. The number of hydrogen-bond donors (Lipinski definition) is 1. The number of nitrogens with zero attached hydrogens (tertiary/aromatic N) is 1. The minimum atomic E-state index is -3.63. The Morgan fingerprint density at radius 2 is 2.21 bits per heavy atom. The van der Waals surface area contributed by atoms with E-state index in [-0.39, 0.29) is 16.7 Å². The van der Waals surface area contributed by atoms with Crippen molar-refractivity contribution in [2.45, 2.75) is 17.4 Å². The lowest BCUT2D eigenvalue weighted by atomic mass is 10.3. The zero-order valence-electron chi connectivity index (χ0n) is 10.9. The van der Waals surface area contributed by atoms with E-state index in [0.717, 1.165) is 19.0 Å². The number of benzene rings is 1. The van der Waals surface area contributed by atoms with Crippen molar-refractivity contribution in [3.8, 4) is 5.75 Å². The molecule has 0 spiro atoms. The topological polar surface area (TPSA) is 58.6 Å². The zero-order valence-corrected chi connectivity index (χ0v) is 11.7. The van der Waals surface area contributed by atoms with Crippen LogP contribution in [0.3, 0.4) is 0 Å². The summed E-state index contributed by atoms with van der Waals surface area (Å²) >= 11 is 0. The number of nitrogens with one attached hydrogen (secondary N) is 1. The third-order valence-electron chi connectivity index (χ3n) is 3.35. The van der Waals surface area contributed by atoms with Gasteiger partial charge in [-0.3, -0.25) is 0 Å². The van der Waals surface area contributed by atoms with E-state index in [1.807, 2.05) is 0 Å². The lowest BCUT2D eigenvalue weighted by molar-refractivity contribution is 0.379. The fourth-order valence-corrected chi connectivity index (χ4v) is 3.51. The summed E-state index contributed by atoms with van der Waals surface area (Å²) in [6.07, 6.45) is 0.772. The summed E-state index contributed by atoms with van der Waals surface area (Å²) in [5.41, 5.74) is 0. The van der Waals surface area contributed by atoms with Gasteiger partial charge in [0.15, 0.2) is 11.6 Å². The molecule has 0 aliphatic carbocycles. The zero-order chi connectivity index (χ0) is 14.0. The predicted molar refractivity (Wildman–Crippen MR) is 69.2 cm³/mol. The van der Waals surface area contributed by atoms with E-state index in [9.17, 15) is 12.8 Å². The molecular weight excluding hydrogens is 271 g/mol. The van der Waals surface area contributed by atoms with E-state index < -0.39 is 15.8 Å².